The maximum atomic E-state index is 12.7. The molecule has 2 fully saturated rings. The highest BCUT2D eigenvalue weighted by molar-refractivity contribution is 7.90. The Morgan fingerprint density at radius 2 is 1.79 bits per heavy atom. The number of sulfone groups is 1. The van der Waals surface area contributed by atoms with E-state index in [1.54, 1.807) is 0 Å². The fraction of sp³-hybridized carbons (Fsp3) is 0.643. The summed E-state index contributed by atoms with van der Waals surface area (Å²) in [4.78, 5) is 3.84. The number of sulfonamides is 1. The number of halogens is 1. The number of hydrogen-bond acceptors (Lipinski definition) is 6. The minimum absolute atomic E-state index is 0. The highest BCUT2D eigenvalue weighted by atomic mass is 35.5. The molecule has 7 nitrogen and oxygen atoms in total. The van der Waals surface area contributed by atoms with Crippen molar-refractivity contribution in [1.82, 2.24) is 14.6 Å². The number of pyridine rings is 1. The maximum absolute atomic E-state index is 12.7. The highest BCUT2D eigenvalue weighted by Crippen LogP contribution is 2.40. The molecule has 136 valence electrons. The van der Waals surface area contributed by atoms with Gasteiger partial charge in [0, 0.05) is 25.5 Å². The van der Waals surface area contributed by atoms with Crippen LogP contribution in [0.2, 0.25) is 0 Å². The van der Waals surface area contributed by atoms with Crippen LogP contribution in [0.3, 0.4) is 0 Å². The number of piperidine rings is 1. The molecule has 2 saturated heterocycles. The van der Waals surface area contributed by atoms with Crippen LogP contribution >= 0.6 is 12.4 Å². The molecule has 1 aromatic rings. The van der Waals surface area contributed by atoms with E-state index in [0.29, 0.717) is 13.1 Å². The number of nitrogens with one attached hydrogen (secondary N) is 1. The van der Waals surface area contributed by atoms with Crippen molar-refractivity contribution in [1.29, 1.82) is 0 Å². The predicted octanol–water partition coefficient (Wildman–Crippen LogP) is 0.671. The van der Waals surface area contributed by atoms with E-state index < -0.39 is 19.9 Å². The van der Waals surface area contributed by atoms with Crippen molar-refractivity contribution in [2.75, 3.05) is 32.4 Å². The van der Waals surface area contributed by atoms with E-state index >= 15 is 0 Å². The topological polar surface area (TPSA) is 96.4 Å². The molecular weight excluding hydrogens is 374 g/mol. The minimum atomic E-state index is -3.62. The van der Waals surface area contributed by atoms with Crippen LogP contribution in [0.5, 0.6) is 0 Å². The van der Waals surface area contributed by atoms with Gasteiger partial charge in [-0.2, -0.15) is 4.31 Å². The molecule has 0 bridgehead atoms. The summed E-state index contributed by atoms with van der Waals surface area (Å²) in [6.07, 6.45) is 5.04. The zero-order valence-corrected chi connectivity index (χ0v) is 15.9. The molecule has 24 heavy (non-hydrogen) atoms. The summed E-state index contributed by atoms with van der Waals surface area (Å²) in [7, 11) is -7.05. The zero-order chi connectivity index (χ0) is 16.7. The first-order chi connectivity index (χ1) is 10.7. The Hall–Kier alpha value is -0.740. The lowest BCUT2D eigenvalue weighted by Crippen LogP contribution is -2.39. The highest BCUT2D eigenvalue weighted by Gasteiger charge is 2.43. The van der Waals surface area contributed by atoms with Crippen molar-refractivity contribution in [3.8, 4) is 0 Å². The van der Waals surface area contributed by atoms with Crippen LogP contribution in [0, 0.1) is 5.41 Å². The van der Waals surface area contributed by atoms with Crippen LogP contribution in [0.4, 0.5) is 0 Å². The lowest BCUT2D eigenvalue weighted by molar-refractivity contribution is 0.218. The summed E-state index contributed by atoms with van der Waals surface area (Å²) < 4.78 is 49.8. The van der Waals surface area contributed by atoms with E-state index in [1.807, 2.05) is 0 Å². The van der Waals surface area contributed by atoms with Crippen molar-refractivity contribution in [2.24, 2.45) is 5.41 Å². The van der Waals surface area contributed by atoms with Gasteiger partial charge in [0.05, 0.1) is 0 Å². The van der Waals surface area contributed by atoms with E-state index in [0.717, 1.165) is 44.8 Å². The minimum Gasteiger partial charge on any atom is -0.317 e. The molecule has 1 spiro atoms. The van der Waals surface area contributed by atoms with Crippen LogP contribution in [-0.2, 0) is 19.9 Å². The van der Waals surface area contributed by atoms with Crippen molar-refractivity contribution < 1.29 is 16.8 Å². The molecule has 0 atom stereocenters. The van der Waals surface area contributed by atoms with E-state index in [9.17, 15) is 16.8 Å². The Labute approximate surface area is 149 Å². The second-order valence-corrected chi connectivity index (χ2v) is 10.3. The molecule has 0 amide bonds. The maximum Gasteiger partial charge on any atom is 0.244 e. The van der Waals surface area contributed by atoms with Gasteiger partial charge < -0.3 is 5.32 Å². The largest absolute Gasteiger partial charge is 0.317 e. The van der Waals surface area contributed by atoms with Crippen LogP contribution in [-0.4, -0.2) is 58.6 Å². The molecule has 0 radical (unpaired) electrons. The smallest absolute Gasteiger partial charge is 0.244 e. The Morgan fingerprint density at radius 1 is 1.12 bits per heavy atom. The van der Waals surface area contributed by atoms with Crippen molar-refractivity contribution in [3.05, 3.63) is 18.3 Å². The van der Waals surface area contributed by atoms with Crippen LogP contribution in [0.25, 0.3) is 0 Å². The molecule has 0 aliphatic carbocycles. The van der Waals surface area contributed by atoms with Gasteiger partial charge in [-0.25, -0.2) is 21.8 Å². The SMILES string of the molecule is CS(=O)(=O)c1ccc(S(=O)(=O)N2CCC3(CCNCC3)C2)cn1.Cl. The zero-order valence-electron chi connectivity index (χ0n) is 13.4. The second-order valence-electron chi connectivity index (χ2n) is 6.44. The fourth-order valence-electron chi connectivity index (χ4n) is 3.35. The molecule has 2 aliphatic heterocycles. The monoisotopic (exact) mass is 395 g/mol. The summed E-state index contributed by atoms with van der Waals surface area (Å²) in [5.74, 6) is 0. The molecule has 2 aliphatic rings. The average Bonchev–Trinajstić information content (AvgIpc) is 2.92. The molecule has 3 rings (SSSR count). The number of hydrogen-bond donors (Lipinski definition) is 1. The van der Waals surface area contributed by atoms with Gasteiger partial charge in [0.25, 0.3) is 0 Å². The van der Waals surface area contributed by atoms with Crippen molar-refractivity contribution >= 4 is 32.3 Å². The standard InChI is InChI=1S/C14H21N3O4S2.ClH/c1-22(18,19)13-3-2-12(10-16-13)23(20,21)17-9-6-14(11-17)4-7-15-8-5-14;/h2-3,10,15H,4-9,11H2,1H3;1H. The van der Waals surface area contributed by atoms with Gasteiger partial charge in [-0.05, 0) is 49.9 Å². The molecule has 0 aromatic carbocycles. The third-order valence-corrected chi connectivity index (χ3v) is 7.62. The summed E-state index contributed by atoms with van der Waals surface area (Å²) in [6, 6.07) is 2.57. The first-order valence-electron chi connectivity index (χ1n) is 7.60. The van der Waals surface area contributed by atoms with Gasteiger partial charge in [-0.3, -0.25) is 0 Å². The Morgan fingerprint density at radius 3 is 2.33 bits per heavy atom. The first kappa shape index (κ1) is 19.6. The molecular formula is C14H22ClN3O4S2. The third-order valence-electron chi connectivity index (χ3n) is 4.79. The van der Waals surface area contributed by atoms with E-state index in [2.05, 4.69) is 10.3 Å². The Bertz CT molecular complexity index is 788. The predicted molar refractivity (Wildman–Crippen MR) is 92.5 cm³/mol. The van der Waals surface area contributed by atoms with Crippen LogP contribution in [0.15, 0.2) is 28.3 Å². The van der Waals surface area contributed by atoms with Crippen LogP contribution < -0.4 is 5.32 Å². The number of rotatable bonds is 3. The normalized spacial score (nSPS) is 21.5. The molecule has 1 N–H and O–H groups in total. The first-order valence-corrected chi connectivity index (χ1v) is 10.9. The molecule has 0 unspecified atom stereocenters. The van der Waals surface area contributed by atoms with Gasteiger partial charge >= 0.3 is 0 Å². The van der Waals surface area contributed by atoms with E-state index in [4.69, 9.17) is 0 Å². The van der Waals surface area contributed by atoms with Gasteiger partial charge in [0.2, 0.25) is 10.0 Å². The van der Waals surface area contributed by atoms with Crippen molar-refractivity contribution in [2.45, 2.75) is 29.2 Å². The summed E-state index contributed by atoms with van der Waals surface area (Å²) >= 11 is 0. The number of aromatic nitrogens is 1. The molecule has 3 heterocycles. The summed E-state index contributed by atoms with van der Waals surface area (Å²) in [6.45, 7) is 2.90. The Balaban J connectivity index is 0.00000208. The van der Waals surface area contributed by atoms with Gasteiger partial charge in [0.15, 0.2) is 14.9 Å². The lowest BCUT2D eigenvalue weighted by Gasteiger charge is -2.33. The average molecular weight is 396 g/mol. The van der Waals surface area contributed by atoms with E-state index in [-0.39, 0.29) is 27.7 Å². The molecule has 10 heteroatoms. The summed E-state index contributed by atoms with van der Waals surface area (Å²) in [5.41, 5.74) is 0.0818. The second kappa shape index (κ2) is 6.87. The molecule has 0 saturated carbocycles. The van der Waals surface area contributed by atoms with Gasteiger partial charge in [-0.1, -0.05) is 0 Å². The molecule has 1 aromatic heterocycles. The Kier molecular flexibility index (Phi) is 5.61. The van der Waals surface area contributed by atoms with Gasteiger partial charge in [0.1, 0.15) is 4.90 Å². The lowest BCUT2D eigenvalue weighted by atomic mass is 9.78. The van der Waals surface area contributed by atoms with E-state index in [1.165, 1.54) is 16.4 Å². The quantitative estimate of drug-likeness (QED) is 0.808. The van der Waals surface area contributed by atoms with Gasteiger partial charge in [-0.15, -0.1) is 12.4 Å². The van der Waals surface area contributed by atoms with Crippen molar-refractivity contribution in [3.63, 3.8) is 0 Å². The third kappa shape index (κ3) is 3.75. The fourth-order valence-corrected chi connectivity index (χ4v) is 5.41. The van der Waals surface area contributed by atoms with Crippen LogP contribution in [0.1, 0.15) is 19.3 Å². The number of nitrogens with zero attached hydrogens (tertiary/aromatic N) is 2. The summed E-state index contributed by atoms with van der Waals surface area (Å²) in [5, 5.41) is 3.19.